The van der Waals surface area contributed by atoms with Crippen molar-refractivity contribution in [2.24, 2.45) is 0 Å². The smallest absolute Gasteiger partial charge is 0.269 e. The Bertz CT molecular complexity index is 151. The minimum Gasteiger partial charge on any atom is -0.269 e. The first kappa shape index (κ1) is 24.3. The summed E-state index contributed by atoms with van der Waals surface area (Å²) in [6.45, 7) is 9.60. The van der Waals surface area contributed by atoms with Gasteiger partial charge in [-0.1, -0.05) is 0 Å². The van der Waals surface area contributed by atoms with E-state index in [1.807, 2.05) is 0 Å². The number of hydrogen-bond donors (Lipinski definition) is 0. The van der Waals surface area contributed by atoms with Crippen LogP contribution in [0, 0.1) is 0 Å². The zero-order valence-corrected chi connectivity index (χ0v) is 14.8. The maximum absolute atomic E-state index is 2.43. The summed E-state index contributed by atoms with van der Waals surface area (Å²) in [5.41, 5.74) is 0. The molecule has 0 rings (SSSR count). The van der Waals surface area contributed by atoms with Crippen LogP contribution in [0.2, 0.25) is 0 Å². The Morgan fingerprint density at radius 3 is 1.26 bits per heavy atom. The van der Waals surface area contributed by atoms with Crippen molar-refractivity contribution in [3.63, 3.8) is 0 Å². The Morgan fingerprint density at radius 1 is 0.526 bits per heavy atom. The van der Waals surface area contributed by atoms with E-state index in [1.165, 1.54) is 69.9 Å². The molecule has 0 fully saturated rings. The Hall–Kier alpha value is 0.290. The fraction of sp³-hybridized carbons (Fsp3) is 1.00. The van der Waals surface area contributed by atoms with Crippen molar-refractivity contribution in [1.82, 2.24) is 0 Å². The minimum atomic E-state index is -0.799. The molecule has 3 heteroatoms. The summed E-state index contributed by atoms with van der Waals surface area (Å²) in [4.78, 5) is 0. The molecule has 0 amide bonds. The van der Waals surface area contributed by atoms with Gasteiger partial charge < -0.3 is 0 Å². The van der Waals surface area contributed by atoms with Gasteiger partial charge in [-0.3, -0.25) is 9.41 Å². The van der Waals surface area contributed by atoms with Gasteiger partial charge in [-0.25, -0.2) is 0 Å². The van der Waals surface area contributed by atoms with Gasteiger partial charge in [-0.2, -0.15) is 0 Å². The Balaban J connectivity index is -0.00000128. The molecule has 19 heavy (non-hydrogen) atoms. The van der Waals surface area contributed by atoms with E-state index < -0.39 is 7.26 Å². The van der Waals surface area contributed by atoms with Gasteiger partial charge in [0, 0.05) is 0 Å². The molecule has 122 valence electrons. The summed E-state index contributed by atoms with van der Waals surface area (Å²) < 4.78 is 0. The van der Waals surface area contributed by atoms with Gasteiger partial charge in [0.1, 0.15) is 0 Å². The first-order valence-electron chi connectivity index (χ1n) is 8.24. The Kier molecular flexibility index (Phi) is 20.9. The molecule has 0 N–H and O–H groups in total. The molecular weight excluding hydrogens is 261 g/mol. The van der Waals surface area contributed by atoms with Crippen molar-refractivity contribution in [1.29, 1.82) is 0 Å². The van der Waals surface area contributed by atoms with Crippen molar-refractivity contribution in [3.05, 3.63) is 0 Å². The van der Waals surface area contributed by atoms with Crippen molar-refractivity contribution in [2.75, 3.05) is 24.6 Å². The number of halogens is 2. The summed E-state index contributed by atoms with van der Waals surface area (Å²) in [5.74, 6) is 0. The van der Waals surface area contributed by atoms with Crippen LogP contribution in [0.15, 0.2) is 0 Å². The third-order valence-electron chi connectivity index (χ3n) is 4.81. The molecule has 0 aromatic carbocycles. The summed E-state index contributed by atoms with van der Waals surface area (Å²) in [5, 5.41) is 0. The van der Waals surface area contributed by atoms with Gasteiger partial charge >= 0.3 is 111 Å². The van der Waals surface area contributed by atoms with Crippen LogP contribution in [0.3, 0.4) is 0 Å². The molecule has 0 saturated carbocycles. The first-order chi connectivity index (χ1) is 8.24. The second-order valence-electron chi connectivity index (χ2n) is 5.79. The zero-order valence-electron chi connectivity index (χ0n) is 13.8. The summed E-state index contributed by atoms with van der Waals surface area (Å²) in [6.07, 6.45) is 17.9. The Morgan fingerprint density at radius 2 is 0.895 bits per heavy atom. The monoisotopic (exact) mass is 300 g/mol. The fourth-order valence-corrected chi connectivity index (χ4v) is 6.47. The zero-order chi connectivity index (χ0) is 13.0. The van der Waals surface area contributed by atoms with Crippen LogP contribution in [0.1, 0.15) is 79.1 Å². The molecule has 0 atom stereocenters. The van der Waals surface area contributed by atoms with E-state index in [0.29, 0.717) is 0 Å². The predicted molar refractivity (Wildman–Crippen MR) is 92.4 cm³/mol. The third kappa shape index (κ3) is 11.8. The number of unbranched alkanes of at least 4 members (excludes halogenated alkanes) is 7. The molecule has 0 radical (unpaired) electrons. The standard InChI is InChI=1S/C16H37P.2FH/c1-5-9-10-11-12-13-14-15-16-17(6-2,7-3)8-4;;/h17H,5-16H2,1-4H3;2*1H. The van der Waals surface area contributed by atoms with Crippen molar-refractivity contribution >= 4 is 7.26 Å². The summed E-state index contributed by atoms with van der Waals surface area (Å²) in [7, 11) is -0.799. The molecule has 0 aromatic rings. The van der Waals surface area contributed by atoms with Crippen LogP contribution < -0.4 is 0 Å². The fourth-order valence-electron chi connectivity index (χ4n) is 2.91. The number of hydrogen-bond acceptors (Lipinski definition) is 0. The number of rotatable bonds is 12. The molecule has 0 spiro atoms. The van der Waals surface area contributed by atoms with Crippen LogP contribution in [-0.2, 0) is 0 Å². The second-order valence-corrected chi connectivity index (χ2v) is 11.4. The molecule has 0 bridgehead atoms. The topological polar surface area (TPSA) is 0 Å². The average molecular weight is 300 g/mol. The summed E-state index contributed by atoms with van der Waals surface area (Å²) in [6, 6.07) is 0. The van der Waals surface area contributed by atoms with Gasteiger partial charge in [-0.05, 0) is 0 Å². The second kappa shape index (κ2) is 16.3. The van der Waals surface area contributed by atoms with Crippen molar-refractivity contribution in [3.8, 4) is 0 Å². The van der Waals surface area contributed by atoms with Crippen LogP contribution in [0.4, 0.5) is 9.41 Å². The first-order valence-corrected chi connectivity index (χ1v) is 11.1. The Labute approximate surface area is 121 Å². The van der Waals surface area contributed by atoms with E-state index >= 15 is 0 Å². The molecule has 0 aliphatic rings. The molecule has 0 heterocycles. The maximum Gasteiger partial charge on any atom is -0.269 e. The molecular formula is C16H39F2P. The predicted octanol–water partition coefficient (Wildman–Crippen LogP) is 6.24. The van der Waals surface area contributed by atoms with Crippen molar-refractivity contribution < 1.29 is 9.41 Å². The van der Waals surface area contributed by atoms with Crippen LogP contribution in [0.5, 0.6) is 0 Å². The van der Waals surface area contributed by atoms with Crippen molar-refractivity contribution in [2.45, 2.75) is 79.1 Å². The molecule has 0 aliphatic heterocycles. The SMILES string of the molecule is CCCCCCCCCC[PH](CC)(CC)CC.F.F. The van der Waals surface area contributed by atoms with Gasteiger partial charge in [0.2, 0.25) is 0 Å². The van der Waals surface area contributed by atoms with Gasteiger partial charge in [0.25, 0.3) is 0 Å². The van der Waals surface area contributed by atoms with E-state index in [9.17, 15) is 0 Å². The van der Waals surface area contributed by atoms with Crippen LogP contribution >= 0.6 is 7.26 Å². The molecule has 0 nitrogen and oxygen atoms in total. The van der Waals surface area contributed by atoms with E-state index in [4.69, 9.17) is 0 Å². The maximum atomic E-state index is 2.43. The average Bonchev–Trinajstić information content (AvgIpc) is 2.38. The quantitative estimate of drug-likeness (QED) is 0.295. The van der Waals surface area contributed by atoms with E-state index in [2.05, 4.69) is 27.7 Å². The molecule has 0 aromatic heterocycles. The van der Waals surface area contributed by atoms with Gasteiger partial charge in [0.15, 0.2) is 0 Å². The van der Waals surface area contributed by atoms with Crippen LogP contribution in [0.25, 0.3) is 0 Å². The minimum absolute atomic E-state index is 0. The molecule has 0 aliphatic carbocycles. The van der Waals surface area contributed by atoms with Gasteiger partial charge in [-0.15, -0.1) is 0 Å². The van der Waals surface area contributed by atoms with Gasteiger partial charge in [0.05, 0.1) is 0 Å². The largest absolute Gasteiger partial charge is 0.269 e. The summed E-state index contributed by atoms with van der Waals surface area (Å²) >= 11 is 0. The van der Waals surface area contributed by atoms with Crippen LogP contribution in [-0.4, -0.2) is 24.6 Å². The van der Waals surface area contributed by atoms with E-state index in [0.717, 1.165) is 0 Å². The molecule has 0 saturated heterocycles. The van der Waals surface area contributed by atoms with E-state index in [-0.39, 0.29) is 9.41 Å². The normalized spacial score (nSPS) is 11.6. The third-order valence-corrected chi connectivity index (χ3v) is 10.7. The van der Waals surface area contributed by atoms with E-state index in [1.54, 1.807) is 6.16 Å². The molecule has 0 unspecified atom stereocenters.